The summed E-state index contributed by atoms with van der Waals surface area (Å²) in [6, 6.07) is 9.64. The molecule has 11 heteroatoms. The number of pyridine rings is 1. The summed E-state index contributed by atoms with van der Waals surface area (Å²) in [5, 5.41) is 6.13. The van der Waals surface area contributed by atoms with E-state index in [9.17, 15) is 22.8 Å². The Hall–Kier alpha value is -3.70. The van der Waals surface area contributed by atoms with Crippen LogP contribution in [0.5, 0.6) is 0 Å². The molecule has 1 aromatic heterocycles. The highest BCUT2D eigenvalue weighted by Gasteiger charge is 2.36. The van der Waals surface area contributed by atoms with Crippen LogP contribution in [0.3, 0.4) is 0 Å². The molecule has 2 aromatic rings. The summed E-state index contributed by atoms with van der Waals surface area (Å²) in [6.07, 6.45) is 0.555. The van der Waals surface area contributed by atoms with Gasteiger partial charge in [0.25, 0.3) is 0 Å². The Labute approximate surface area is 252 Å². The van der Waals surface area contributed by atoms with Crippen LogP contribution in [0.25, 0.3) is 0 Å². The van der Waals surface area contributed by atoms with Crippen LogP contribution in [0.4, 0.5) is 13.2 Å². The summed E-state index contributed by atoms with van der Waals surface area (Å²) < 4.78 is 38.2. The van der Waals surface area contributed by atoms with E-state index >= 15 is 0 Å². The Balaban J connectivity index is 0.000000229. The molecule has 232 valence electrons. The maximum absolute atomic E-state index is 12.7. The normalized spacial score (nSPS) is 20.3. The first-order valence-corrected chi connectivity index (χ1v) is 14.1. The number of aliphatic imine (C=N–C) groups is 1. The average Bonchev–Trinajstić information content (AvgIpc) is 3.38. The largest absolute Gasteiger partial charge is 0.416 e. The summed E-state index contributed by atoms with van der Waals surface area (Å²) in [6.45, 7) is 14.6. The van der Waals surface area contributed by atoms with Crippen molar-refractivity contribution in [2.24, 2.45) is 15.5 Å². The van der Waals surface area contributed by atoms with Crippen LogP contribution in [0.1, 0.15) is 56.2 Å². The van der Waals surface area contributed by atoms with Gasteiger partial charge in [-0.25, -0.2) is 5.01 Å². The molecule has 4 heterocycles. The van der Waals surface area contributed by atoms with Crippen molar-refractivity contribution >= 4 is 24.1 Å². The fourth-order valence-electron chi connectivity index (χ4n) is 4.71. The molecule has 0 saturated carbocycles. The predicted molar refractivity (Wildman–Crippen MR) is 163 cm³/mol. The van der Waals surface area contributed by atoms with Gasteiger partial charge in [-0.1, -0.05) is 39.0 Å². The number of piperazine rings is 1. The molecule has 8 nitrogen and oxygen atoms in total. The van der Waals surface area contributed by atoms with Crippen molar-refractivity contribution in [3.8, 4) is 0 Å². The molecule has 1 saturated heterocycles. The lowest BCUT2D eigenvalue weighted by molar-refractivity contribution is -0.137. The number of carbonyl (C=O) groups excluding carboxylic acids is 2. The number of alkyl halides is 3. The fraction of sp³-hybridized carbons (Fsp3) is 0.469. The number of rotatable bonds is 3. The van der Waals surface area contributed by atoms with Gasteiger partial charge in [-0.15, -0.1) is 0 Å². The Morgan fingerprint density at radius 3 is 2.12 bits per heavy atom. The lowest BCUT2D eigenvalue weighted by Crippen LogP contribution is -2.56. The van der Waals surface area contributed by atoms with Crippen LogP contribution in [-0.2, 0) is 11.0 Å². The number of aromatic nitrogens is 1. The number of amidine groups is 1. The third-order valence-electron chi connectivity index (χ3n) is 7.43. The number of likely N-dealkylation sites (N-methyl/N-ethyl adjacent to an activating group) is 2. The standard InChI is InChI=1S/C18H18F3N3O.C8H18N2.C6H5NO/c1-17(2,3)14-8-15(23-24-9-13(10-25)22-16(14)24)11-4-6-12(7-5-11)18(19,20)21;1-8(2)7-9(3)5-6-10(8)4;8-5-6-3-1-2-4-7-6/h4-8,10,13H,9H2,1-3H3;5-7H2,1-4H3;1-5H. The zero-order valence-electron chi connectivity index (χ0n) is 25.9. The van der Waals surface area contributed by atoms with Crippen LogP contribution in [-0.4, -0.2) is 95.8 Å². The van der Waals surface area contributed by atoms with Crippen molar-refractivity contribution in [1.82, 2.24) is 19.8 Å². The smallest absolute Gasteiger partial charge is 0.303 e. The highest BCUT2D eigenvalue weighted by Crippen LogP contribution is 2.34. The third-order valence-corrected chi connectivity index (χ3v) is 7.43. The Morgan fingerprint density at radius 2 is 1.65 bits per heavy atom. The minimum Gasteiger partial charge on any atom is -0.303 e. The number of nitrogens with zero attached hydrogens (tertiary/aromatic N) is 6. The predicted octanol–water partition coefficient (Wildman–Crippen LogP) is 5.21. The van der Waals surface area contributed by atoms with Gasteiger partial charge in [0.1, 0.15) is 23.9 Å². The molecule has 1 unspecified atom stereocenters. The van der Waals surface area contributed by atoms with E-state index in [0.29, 0.717) is 34.9 Å². The average molecular weight is 599 g/mol. The molecule has 3 aliphatic heterocycles. The molecule has 0 radical (unpaired) electrons. The topological polar surface area (TPSA) is 81.5 Å². The van der Waals surface area contributed by atoms with Crippen molar-refractivity contribution in [3.63, 3.8) is 0 Å². The first-order chi connectivity index (χ1) is 20.0. The van der Waals surface area contributed by atoms with Crippen LogP contribution < -0.4 is 0 Å². The molecule has 3 aliphatic rings. The van der Waals surface area contributed by atoms with Crippen molar-refractivity contribution < 1.29 is 22.8 Å². The molecule has 1 atom stereocenters. The van der Waals surface area contributed by atoms with Crippen molar-refractivity contribution in [3.05, 3.63) is 77.1 Å². The van der Waals surface area contributed by atoms with E-state index in [-0.39, 0.29) is 5.41 Å². The Kier molecular flexibility index (Phi) is 10.8. The van der Waals surface area contributed by atoms with E-state index < -0.39 is 17.8 Å². The van der Waals surface area contributed by atoms with E-state index in [1.165, 1.54) is 31.8 Å². The summed E-state index contributed by atoms with van der Waals surface area (Å²) in [4.78, 5) is 34.0. The number of allylic oxidation sites excluding steroid dienone is 1. The van der Waals surface area contributed by atoms with E-state index in [1.807, 2.05) is 26.8 Å². The summed E-state index contributed by atoms with van der Waals surface area (Å²) >= 11 is 0. The first-order valence-electron chi connectivity index (χ1n) is 14.1. The first kappa shape index (κ1) is 33.8. The molecule has 1 aromatic carbocycles. The number of fused-ring (bicyclic) bond motifs is 1. The minimum absolute atomic E-state index is 0.248. The molecule has 0 N–H and O–H groups in total. The molecule has 1 fully saturated rings. The fourth-order valence-corrected chi connectivity index (χ4v) is 4.71. The quantitative estimate of drug-likeness (QED) is 0.451. The van der Waals surface area contributed by atoms with E-state index in [4.69, 9.17) is 0 Å². The van der Waals surface area contributed by atoms with Gasteiger partial charge in [-0.05, 0) is 63.7 Å². The second kappa shape index (κ2) is 13.7. The third kappa shape index (κ3) is 9.14. The van der Waals surface area contributed by atoms with Gasteiger partial charge in [-0.3, -0.25) is 19.7 Å². The van der Waals surface area contributed by atoms with Crippen LogP contribution in [0, 0.1) is 5.41 Å². The van der Waals surface area contributed by atoms with Gasteiger partial charge < -0.3 is 9.69 Å². The van der Waals surface area contributed by atoms with Crippen molar-refractivity contribution in [2.75, 3.05) is 40.3 Å². The monoisotopic (exact) mass is 598 g/mol. The van der Waals surface area contributed by atoms with Crippen LogP contribution in [0.2, 0.25) is 0 Å². The van der Waals surface area contributed by atoms with Gasteiger partial charge in [-0.2, -0.15) is 18.3 Å². The summed E-state index contributed by atoms with van der Waals surface area (Å²) in [7, 11) is 4.39. The molecule has 43 heavy (non-hydrogen) atoms. The second-order valence-electron chi connectivity index (χ2n) is 12.5. The number of hydrogen-bond donors (Lipinski definition) is 0. The van der Waals surface area contributed by atoms with E-state index in [2.05, 4.69) is 52.8 Å². The zero-order chi connectivity index (χ0) is 32.0. The number of aldehydes is 2. The molecule has 5 rings (SSSR count). The second-order valence-corrected chi connectivity index (χ2v) is 12.5. The van der Waals surface area contributed by atoms with Gasteiger partial charge in [0, 0.05) is 42.5 Å². The number of hydrogen-bond acceptors (Lipinski definition) is 8. The number of halogens is 3. The molecule has 0 aliphatic carbocycles. The maximum atomic E-state index is 12.7. The highest BCUT2D eigenvalue weighted by molar-refractivity contribution is 6.17. The number of benzene rings is 1. The highest BCUT2D eigenvalue weighted by atomic mass is 19.4. The summed E-state index contributed by atoms with van der Waals surface area (Å²) in [5.74, 6) is 0.653. The van der Waals surface area contributed by atoms with Gasteiger partial charge in [0.05, 0.1) is 17.8 Å². The molecular formula is C32H41F3N6O2. The minimum atomic E-state index is -4.37. The summed E-state index contributed by atoms with van der Waals surface area (Å²) in [5.41, 5.74) is 1.95. The number of carbonyl (C=O) groups is 2. The van der Waals surface area contributed by atoms with Crippen molar-refractivity contribution in [2.45, 2.75) is 52.4 Å². The van der Waals surface area contributed by atoms with Crippen LogP contribution in [0.15, 0.2) is 70.4 Å². The SMILES string of the molecule is CC(C)(C)C1=CC(c2ccc(C(F)(F)F)cc2)=NN2CC(C=O)N=C12.CN1CCN(C)C(C)(C)C1.O=Cc1ccccn1. The van der Waals surface area contributed by atoms with Gasteiger partial charge >= 0.3 is 6.18 Å². The molecule has 0 bridgehead atoms. The van der Waals surface area contributed by atoms with E-state index in [0.717, 1.165) is 30.3 Å². The lowest BCUT2D eigenvalue weighted by Gasteiger charge is -2.44. The van der Waals surface area contributed by atoms with E-state index in [1.54, 1.807) is 29.4 Å². The number of hydrazone groups is 1. The Morgan fingerprint density at radius 1 is 0.977 bits per heavy atom. The Bertz CT molecular complexity index is 1350. The maximum Gasteiger partial charge on any atom is 0.416 e. The molecular weight excluding hydrogens is 557 g/mol. The van der Waals surface area contributed by atoms with Gasteiger partial charge in [0.15, 0.2) is 6.29 Å². The molecule has 0 amide bonds. The molecule has 0 spiro atoms. The zero-order valence-corrected chi connectivity index (χ0v) is 25.9. The van der Waals surface area contributed by atoms with Crippen LogP contribution >= 0.6 is 0 Å². The lowest BCUT2D eigenvalue weighted by atomic mass is 9.83. The van der Waals surface area contributed by atoms with Gasteiger partial charge in [0.2, 0.25) is 0 Å². The van der Waals surface area contributed by atoms with Crippen molar-refractivity contribution in [1.29, 1.82) is 0 Å².